The van der Waals surface area contributed by atoms with Crippen molar-refractivity contribution in [2.75, 3.05) is 25.0 Å². The summed E-state index contributed by atoms with van der Waals surface area (Å²) in [6, 6.07) is 5.38. The second kappa shape index (κ2) is 6.72. The summed E-state index contributed by atoms with van der Waals surface area (Å²) in [5, 5.41) is 8.59. The standard InChI is InChI=1S/C13H17FN2O3/c1-3-16(11-6-4-5-10(14)9-11)13(19)15(2)8-7-12(17)18/h4-6,9H,3,7-8H2,1-2H3,(H,17,18). The van der Waals surface area contributed by atoms with E-state index in [1.165, 1.54) is 35.0 Å². The number of rotatable bonds is 5. The molecule has 0 aliphatic rings. The molecule has 1 rings (SSSR count). The number of amides is 2. The zero-order valence-electron chi connectivity index (χ0n) is 11.0. The third kappa shape index (κ3) is 4.24. The fourth-order valence-corrected chi connectivity index (χ4v) is 1.64. The number of aliphatic carboxylic acids is 1. The van der Waals surface area contributed by atoms with Crippen LogP contribution in [-0.4, -0.2) is 42.1 Å². The van der Waals surface area contributed by atoms with Gasteiger partial charge in [-0.15, -0.1) is 0 Å². The summed E-state index contributed by atoms with van der Waals surface area (Å²) in [6.07, 6.45) is -0.122. The van der Waals surface area contributed by atoms with Gasteiger partial charge < -0.3 is 10.0 Å². The molecular formula is C13H17FN2O3. The molecular weight excluding hydrogens is 251 g/mol. The number of carboxylic acid groups (broad SMARTS) is 1. The first-order valence-electron chi connectivity index (χ1n) is 5.95. The summed E-state index contributed by atoms with van der Waals surface area (Å²) in [6.45, 7) is 2.26. The Labute approximate surface area is 111 Å². The van der Waals surface area contributed by atoms with Crippen LogP contribution in [0.4, 0.5) is 14.9 Å². The van der Waals surface area contributed by atoms with Gasteiger partial charge in [0.2, 0.25) is 0 Å². The average molecular weight is 268 g/mol. The molecule has 0 fully saturated rings. The van der Waals surface area contributed by atoms with Crippen molar-refractivity contribution in [1.29, 1.82) is 0 Å². The predicted molar refractivity (Wildman–Crippen MR) is 69.7 cm³/mol. The van der Waals surface area contributed by atoms with Crippen molar-refractivity contribution >= 4 is 17.7 Å². The van der Waals surface area contributed by atoms with E-state index in [1.54, 1.807) is 13.0 Å². The number of carboxylic acids is 1. The van der Waals surface area contributed by atoms with Crippen molar-refractivity contribution in [3.63, 3.8) is 0 Å². The largest absolute Gasteiger partial charge is 0.481 e. The van der Waals surface area contributed by atoms with Crippen LogP contribution in [0.15, 0.2) is 24.3 Å². The van der Waals surface area contributed by atoms with E-state index in [0.29, 0.717) is 12.2 Å². The molecule has 0 saturated heterocycles. The molecule has 5 nitrogen and oxygen atoms in total. The molecule has 0 bridgehead atoms. The van der Waals surface area contributed by atoms with Gasteiger partial charge in [0.15, 0.2) is 0 Å². The minimum atomic E-state index is -0.964. The average Bonchev–Trinajstić information content (AvgIpc) is 2.36. The third-order valence-corrected chi connectivity index (χ3v) is 2.65. The van der Waals surface area contributed by atoms with E-state index in [2.05, 4.69) is 0 Å². The van der Waals surface area contributed by atoms with Gasteiger partial charge >= 0.3 is 12.0 Å². The highest BCUT2D eigenvalue weighted by molar-refractivity contribution is 5.91. The maximum Gasteiger partial charge on any atom is 0.324 e. The summed E-state index contributed by atoms with van der Waals surface area (Å²) < 4.78 is 13.2. The molecule has 0 saturated carbocycles. The van der Waals surface area contributed by atoms with Crippen molar-refractivity contribution in [3.05, 3.63) is 30.1 Å². The van der Waals surface area contributed by atoms with Gasteiger partial charge in [0.25, 0.3) is 0 Å². The number of benzene rings is 1. The maximum atomic E-state index is 13.2. The van der Waals surface area contributed by atoms with Crippen LogP contribution in [0, 0.1) is 5.82 Å². The molecule has 1 aromatic rings. The zero-order chi connectivity index (χ0) is 14.4. The lowest BCUT2D eigenvalue weighted by Crippen LogP contribution is -2.42. The lowest BCUT2D eigenvalue weighted by Gasteiger charge is -2.27. The van der Waals surface area contributed by atoms with Gasteiger partial charge in [-0.3, -0.25) is 9.69 Å². The Hall–Kier alpha value is -2.11. The Balaban J connectivity index is 2.79. The minimum absolute atomic E-state index is 0.111. The number of halogens is 1. The summed E-state index contributed by atoms with van der Waals surface area (Å²) in [4.78, 5) is 25.3. The SMILES string of the molecule is CCN(C(=O)N(C)CCC(=O)O)c1cccc(F)c1. The van der Waals surface area contributed by atoms with E-state index in [1.807, 2.05) is 0 Å². The first-order chi connectivity index (χ1) is 8.95. The molecule has 1 aromatic carbocycles. The van der Waals surface area contributed by atoms with Crippen LogP contribution in [0.1, 0.15) is 13.3 Å². The number of nitrogens with zero attached hydrogens (tertiary/aromatic N) is 2. The molecule has 6 heteroatoms. The lowest BCUT2D eigenvalue weighted by atomic mass is 10.3. The van der Waals surface area contributed by atoms with Crippen LogP contribution >= 0.6 is 0 Å². The molecule has 2 amide bonds. The van der Waals surface area contributed by atoms with Gasteiger partial charge in [-0.2, -0.15) is 0 Å². The monoisotopic (exact) mass is 268 g/mol. The van der Waals surface area contributed by atoms with Crippen molar-refractivity contribution in [2.45, 2.75) is 13.3 Å². The highest BCUT2D eigenvalue weighted by Gasteiger charge is 2.18. The topological polar surface area (TPSA) is 60.9 Å². The third-order valence-electron chi connectivity index (χ3n) is 2.65. The highest BCUT2D eigenvalue weighted by Crippen LogP contribution is 2.16. The van der Waals surface area contributed by atoms with Crippen LogP contribution in [0.25, 0.3) is 0 Å². The van der Waals surface area contributed by atoms with E-state index in [0.717, 1.165) is 0 Å². The van der Waals surface area contributed by atoms with Gasteiger partial charge in [0, 0.05) is 25.8 Å². The summed E-state index contributed by atoms with van der Waals surface area (Å²) >= 11 is 0. The number of anilines is 1. The molecule has 104 valence electrons. The predicted octanol–water partition coefficient (Wildman–Crippen LogP) is 2.18. The van der Waals surface area contributed by atoms with Crippen molar-refractivity contribution in [2.24, 2.45) is 0 Å². The molecule has 1 N–H and O–H groups in total. The van der Waals surface area contributed by atoms with Crippen molar-refractivity contribution in [3.8, 4) is 0 Å². The first kappa shape index (κ1) is 14.9. The molecule has 0 aromatic heterocycles. The van der Waals surface area contributed by atoms with Crippen LogP contribution in [0.2, 0.25) is 0 Å². The van der Waals surface area contributed by atoms with E-state index < -0.39 is 11.8 Å². The Morgan fingerprint density at radius 1 is 1.37 bits per heavy atom. The first-order valence-corrected chi connectivity index (χ1v) is 5.95. The Morgan fingerprint density at radius 2 is 2.05 bits per heavy atom. The van der Waals surface area contributed by atoms with Gasteiger partial charge in [-0.05, 0) is 25.1 Å². The molecule has 0 radical (unpaired) electrons. The number of hydrogen-bond donors (Lipinski definition) is 1. The minimum Gasteiger partial charge on any atom is -0.481 e. The summed E-state index contributed by atoms with van der Waals surface area (Å²) in [5.41, 5.74) is 0.453. The normalized spacial score (nSPS) is 10.1. The maximum absolute atomic E-state index is 13.2. The second-order valence-electron chi connectivity index (χ2n) is 4.07. The van der Waals surface area contributed by atoms with Crippen LogP contribution in [0.3, 0.4) is 0 Å². The van der Waals surface area contributed by atoms with E-state index >= 15 is 0 Å². The van der Waals surface area contributed by atoms with E-state index in [-0.39, 0.29) is 19.0 Å². The lowest BCUT2D eigenvalue weighted by molar-refractivity contribution is -0.137. The van der Waals surface area contributed by atoms with Crippen molar-refractivity contribution < 1.29 is 19.1 Å². The number of carbonyl (C=O) groups is 2. The van der Waals surface area contributed by atoms with Gasteiger partial charge in [-0.25, -0.2) is 9.18 Å². The zero-order valence-corrected chi connectivity index (χ0v) is 11.0. The molecule has 0 unspecified atom stereocenters. The Kier molecular flexibility index (Phi) is 5.29. The molecule has 0 spiro atoms. The highest BCUT2D eigenvalue weighted by atomic mass is 19.1. The molecule has 0 heterocycles. The fraction of sp³-hybridized carbons (Fsp3) is 0.385. The molecule has 0 aliphatic heterocycles. The molecule has 0 atom stereocenters. The number of carbonyl (C=O) groups excluding carboxylic acids is 1. The smallest absolute Gasteiger partial charge is 0.324 e. The van der Waals surface area contributed by atoms with E-state index in [9.17, 15) is 14.0 Å². The Bertz CT molecular complexity index is 465. The summed E-state index contributed by atoms with van der Waals surface area (Å²) in [5.74, 6) is -1.38. The quantitative estimate of drug-likeness (QED) is 0.890. The molecule has 19 heavy (non-hydrogen) atoms. The van der Waals surface area contributed by atoms with Crippen LogP contribution in [0.5, 0.6) is 0 Å². The van der Waals surface area contributed by atoms with Gasteiger partial charge in [0.05, 0.1) is 6.42 Å². The van der Waals surface area contributed by atoms with E-state index in [4.69, 9.17) is 5.11 Å². The molecule has 0 aliphatic carbocycles. The second-order valence-corrected chi connectivity index (χ2v) is 4.07. The number of urea groups is 1. The van der Waals surface area contributed by atoms with Crippen LogP contribution in [-0.2, 0) is 4.79 Å². The van der Waals surface area contributed by atoms with Gasteiger partial charge in [-0.1, -0.05) is 6.07 Å². The summed E-state index contributed by atoms with van der Waals surface area (Å²) in [7, 11) is 1.52. The Morgan fingerprint density at radius 3 is 2.58 bits per heavy atom. The fourth-order valence-electron chi connectivity index (χ4n) is 1.64. The van der Waals surface area contributed by atoms with Crippen LogP contribution < -0.4 is 4.90 Å². The number of hydrogen-bond acceptors (Lipinski definition) is 2. The van der Waals surface area contributed by atoms with Crippen molar-refractivity contribution in [1.82, 2.24) is 4.90 Å². The van der Waals surface area contributed by atoms with Gasteiger partial charge in [0.1, 0.15) is 5.82 Å².